The van der Waals surface area contributed by atoms with Gasteiger partial charge in [0.1, 0.15) is 0 Å². The first-order valence-electron chi connectivity index (χ1n) is 4.42. The fraction of sp³-hybridized carbons (Fsp3) is 0.889. The maximum Gasteiger partial charge on any atom is 0.302 e. The summed E-state index contributed by atoms with van der Waals surface area (Å²) in [5.74, 6) is 0.782. The van der Waals surface area contributed by atoms with Gasteiger partial charge in [-0.05, 0) is 18.8 Å². The minimum atomic E-state index is -0.154. The van der Waals surface area contributed by atoms with Gasteiger partial charge in [-0.2, -0.15) is 0 Å². The van der Waals surface area contributed by atoms with Gasteiger partial charge in [0.05, 0.1) is 6.61 Å². The Hall–Kier alpha value is -0.530. The van der Waals surface area contributed by atoms with E-state index in [2.05, 4.69) is 0 Å². The van der Waals surface area contributed by atoms with Crippen LogP contribution in [0.2, 0.25) is 0 Å². The molecule has 1 fully saturated rings. The highest BCUT2D eigenvalue weighted by molar-refractivity contribution is 5.65. The van der Waals surface area contributed by atoms with Gasteiger partial charge in [-0.3, -0.25) is 4.79 Å². The molecule has 0 N–H and O–H groups in total. The van der Waals surface area contributed by atoms with Gasteiger partial charge < -0.3 is 4.74 Å². The van der Waals surface area contributed by atoms with Gasteiger partial charge in [-0.1, -0.05) is 19.3 Å². The van der Waals surface area contributed by atoms with Crippen molar-refractivity contribution in [2.45, 2.75) is 39.0 Å². The molecule has 0 aromatic carbocycles. The lowest BCUT2D eigenvalue weighted by molar-refractivity contribution is -0.141. The number of carbonyl (C=O) groups excluding carboxylic acids is 1. The topological polar surface area (TPSA) is 26.3 Å². The molecule has 1 aliphatic rings. The summed E-state index contributed by atoms with van der Waals surface area (Å²) in [6, 6.07) is 0. The van der Waals surface area contributed by atoms with Crippen LogP contribution in [0.4, 0.5) is 0 Å². The Morgan fingerprint density at radius 3 is 2.73 bits per heavy atom. The molecule has 0 aromatic heterocycles. The van der Waals surface area contributed by atoms with Crippen LogP contribution in [0.5, 0.6) is 0 Å². The van der Waals surface area contributed by atoms with Crippen LogP contribution in [0.1, 0.15) is 39.0 Å². The van der Waals surface area contributed by atoms with Crippen molar-refractivity contribution in [1.82, 2.24) is 0 Å². The van der Waals surface area contributed by atoms with Crippen LogP contribution in [-0.4, -0.2) is 12.6 Å². The van der Waals surface area contributed by atoms with E-state index in [1.165, 1.54) is 32.6 Å². The van der Waals surface area contributed by atoms with E-state index in [-0.39, 0.29) is 5.97 Å². The van der Waals surface area contributed by atoms with Crippen molar-refractivity contribution in [2.75, 3.05) is 6.61 Å². The zero-order valence-corrected chi connectivity index (χ0v) is 7.14. The van der Waals surface area contributed by atoms with Crippen molar-refractivity contribution in [3.8, 4) is 0 Å². The molecule has 0 aromatic rings. The molecule has 0 atom stereocenters. The van der Waals surface area contributed by atoms with Gasteiger partial charge in [-0.25, -0.2) is 0 Å². The highest BCUT2D eigenvalue weighted by Gasteiger charge is 2.16. The van der Waals surface area contributed by atoms with E-state index in [0.717, 1.165) is 12.3 Å². The highest BCUT2D eigenvalue weighted by Crippen LogP contribution is 2.30. The van der Waals surface area contributed by atoms with Crippen molar-refractivity contribution < 1.29 is 9.53 Å². The standard InChI is InChI=1S/C9H16O2/c1-8(10)11-7-3-6-9-4-2-5-9/h9H,2-7H2,1H3. The lowest BCUT2D eigenvalue weighted by atomic mass is 9.82. The third-order valence-corrected chi connectivity index (χ3v) is 2.29. The highest BCUT2D eigenvalue weighted by atomic mass is 16.5. The first kappa shape index (κ1) is 8.57. The summed E-state index contributed by atoms with van der Waals surface area (Å²) >= 11 is 0. The van der Waals surface area contributed by atoms with E-state index < -0.39 is 0 Å². The molecule has 1 rings (SSSR count). The van der Waals surface area contributed by atoms with Gasteiger partial charge in [0.15, 0.2) is 0 Å². The van der Waals surface area contributed by atoms with Gasteiger partial charge in [0.25, 0.3) is 0 Å². The number of ether oxygens (including phenoxy) is 1. The minimum Gasteiger partial charge on any atom is -0.466 e. The molecule has 0 radical (unpaired) electrons. The number of hydrogen-bond acceptors (Lipinski definition) is 2. The molecule has 0 aliphatic heterocycles. The second kappa shape index (κ2) is 4.37. The van der Waals surface area contributed by atoms with E-state index in [1.54, 1.807) is 0 Å². The smallest absolute Gasteiger partial charge is 0.302 e. The second-order valence-electron chi connectivity index (χ2n) is 3.28. The fourth-order valence-electron chi connectivity index (χ4n) is 1.37. The molecule has 11 heavy (non-hydrogen) atoms. The number of hydrogen-bond donors (Lipinski definition) is 0. The molecular formula is C9H16O2. The Morgan fingerprint density at radius 2 is 2.27 bits per heavy atom. The van der Waals surface area contributed by atoms with Crippen LogP contribution in [0, 0.1) is 5.92 Å². The molecule has 2 heteroatoms. The van der Waals surface area contributed by atoms with Gasteiger partial charge in [0.2, 0.25) is 0 Å². The third kappa shape index (κ3) is 3.40. The zero-order valence-electron chi connectivity index (χ0n) is 7.14. The molecule has 1 saturated carbocycles. The van der Waals surface area contributed by atoms with E-state index in [1.807, 2.05) is 0 Å². The summed E-state index contributed by atoms with van der Waals surface area (Å²) in [5.41, 5.74) is 0. The van der Waals surface area contributed by atoms with Crippen LogP contribution in [-0.2, 0) is 9.53 Å². The monoisotopic (exact) mass is 156 g/mol. The van der Waals surface area contributed by atoms with Crippen LogP contribution >= 0.6 is 0 Å². The number of rotatable bonds is 4. The summed E-state index contributed by atoms with van der Waals surface area (Å²) in [4.78, 5) is 10.3. The minimum absolute atomic E-state index is 0.154. The number of carbonyl (C=O) groups is 1. The Labute approximate surface area is 67.9 Å². The predicted octanol–water partition coefficient (Wildman–Crippen LogP) is 2.13. The Bertz CT molecular complexity index is 128. The van der Waals surface area contributed by atoms with E-state index in [0.29, 0.717) is 6.61 Å². The van der Waals surface area contributed by atoms with Crippen molar-refractivity contribution >= 4 is 5.97 Å². The lowest BCUT2D eigenvalue weighted by Gasteiger charge is -2.24. The van der Waals surface area contributed by atoms with Crippen LogP contribution in [0.3, 0.4) is 0 Å². The normalized spacial score (nSPS) is 17.5. The van der Waals surface area contributed by atoms with E-state index in [4.69, 9.17) is 4.74 Å². The van der Waals surface area contributed by atoms with E-state index >= 15 is 0 Å². The molecule has 1 aliphatic carbocycles. The second-order valence-corrected chi connectivity index (χ2v) is 3.28. The van der Waals surface area contributed by atoms with Gasteiger partial charge in [-0.15, -0.1) is 0 Å². The van der Waals surface area contributed by atoms with Crippen LogP contribution < -0.4 is 0 Å². The average molecular weight is 156 g/mol. The molecule has 0 saturated heterocycles. The number of esters is 1. The van der Waals surface area contributed by atoms with E-state index in [9.17, 15) is 4.79 Å². The maximum atomic E-state index is 10.3. The van der Waals surface area contributed by atoms with Gasteiger partial charge >= 0.3 is 5.97 Å². The molecule has 0 unspecified atom stereocenters. The quantitative estimate of drug-likeness (QED) is 0.460. The molecule has 0 bridgehead atoms. The average Bonchev–Trinajstić information content (AvgIpc) is 1.82. The van der Waals surface area contributed by atoms with Crippen molar-refractivity contribution in [1.29, 1.82) is 0 Å². The van der Waals surface area contributed by atoms with Crippen LogP contribution in [0.25, 0.3) is 0 Å². The van der Waals surface area contributed by atoms with Crippen LogP contribution in [0.15, 0.2) is 0 Å². The maximum absolute atomic E-state index is 10.3. The Morgan fingerprint density at radius 1 is 1.55 bits per heavy atom. The Kier molecular flexibility index (Phi) is 3.40. The summed E-state index contributed by atoms with van der Waals surface area (Å²) < 4.78 is 4.82. The predicted molar refractivity (Wildman–Crippen MR) is 43.2 cm³/mol. The zero-order chi connectivity index (χ0) is 8.10. The van der Waals surface area contributed by atoms with Gasteiger partial charge in [0, 0.05) is 6.92 Å². The summed E-state index contributed by atoms with van der Waals surface area (Å²) in [6.45, 7) is 2.08. The molecule has 0 heterocycles. The summed E-state index contributed by atoms with van der Waals surface area (Å²) in [7, 11) is 0. The molecular weight excluding hydrogens is 140 g/mol. The molecule has 0 spiro atoms. The van der Waals surface area contributed by atoms with Crippen molar-refractivity contribution in [2.24, 2.45) is 5.92 Å². The SMILES string of the molecule is CC(=O)OCCCC1CCC1. The lowest BCUT2D eigenvalue weighted by Crippen LogP contribution is -2.12. The molecule has 64 valence electrons. The molecule has 2 nitrogen and oxygen atoms in total. The Balaban J connectivity index is 1.83. The summed E-state index contributed by atoms with van der Waals surface area (Å²) in [6.07, 6.45) is 6.47. The third-order valence-electron chi connectivity index (χ3n) is 2.29. The largest absolute Gasteiger partial charge is 0.466 e. The molecule has 0 amide bonds. The summed E-state index contributed by atoms with van der Waals surface area (Å²) in [5, 5.41) is 0. The van der Waals surface area contributed by atoms with Crippen molar-refractivity contribution in [3.05, 3.63) is 0 Å². The van der Waals surface area contributed by atoms with Crippen molar-refractivity contribution in [3.63, 3.8) is 0 Å². The fourth-order valence-corrected chi connectivity index (χ4v) is 1.37. The first-order valence-corrected chi connectivity index (χ1v) is 4.42. The first-order chi connectivity index (χ1) is 5.29.